The van der Waals surface area contributed by atoms with E-state index in [4.69, 9.17) is 4.74 Å². The van der Waals surface area contributed by atoms with Crippen LogP contribution in [0.2, 0.25) is 0 Å². The number of aliphatic hydroxyl groups is 2. The van der Waals surface area contributed by atoms with Crippen LogP contribution in [0, 0.1) is 23.7 Å². The predicted molar refractivity (Wildman–Crippen MR) is 67.2 cm³/mol. The Balaban J connectivity index is 1.82. The van der Waals surface area contributed by atoms with Gasteiger partial charge in [-0.3, -0.25) is 4.79 Å². The first-order valence-corrected chi connectivity index (χ1v) is 6.89. The molecule has 4 rings (SSSR count). The largest absolute Gasteiger partial charge is 0.393 e. The number of carbonyl (C=O) groups excluding carboxylic acids is 1. The Labute approximate surface area is 111 Å². The second-order valence-electron chi connectivity index (χ2n) is 6.45. The molecule has 7 atom stereocenters. The molecule has 1 aliphatic heterocycles. The van der Waals surface area contributed by atoms with E-state index < -0.39 is 17.8 Å². The van der Waals surface area contributed by atoms with E-state index in [1.54, 1.807) is 0 Å². The van der Waals surface area contributed by atoms with Gasteiger partial charge in [-0.05, 0) is 13.8 Å². The van der Waals surface area contributed by atoms with Crippen LogP contribution in [0.15, 0.2) is 23.3 Å². The lowest BCUT2D eigenvalue weighted by Crippen LogP contribution is -2.53. The molecule has 3 aliphatic carbocycles. The minimum atomic E-state index is -1.01. The molecule has 0 amide bonds. The average Bonchev–Trinajstić information content (AvgIpc) is 2.88. The molecule has 0 aromatic carbocycles. The Morgan fingerprint density at radius 2 is 2.05 bits per heavy atom. The number of ketones is 1. The Kier molecular flexibility index (Phi) is 2.10. The SMILES string of the molecule is CC(C)=C1[C@H]2C=C[C@@H]1[C@@H]1C(=O)[C@H]3O[C@@]3(CO)[C@H](O)[C@@H]12. The van der Waals surface area contributed by atoms with Gasteiger partial charge in [-0.2, -0.15) is 0 Å². The van der Waals surface area contributed by atoms with Gasteiger partial charge in [0.25, 0.3) is 0 Å². The number of aliphatic hydroxyl groups excluding tert-OH is 2. The van der Waals surface area contributed by atoms with Gasteiger partial charge in [0.1, 0.15) is 0 Å². The molecule has 0 spiro atoms. The number of carbonyl (C=O) groups is 1. The Hall–Kier alpha value is -0.970. The second kappa shape index (κ2) is 3.37. The molecule has 102 valence electrons. The first-order valence-electron chi connectivity index (χ1n) is 6.89. The van der Waals surface area contributed by atoms with Gasteiger partial charge in [0.05, 0.1) is 12.7 Å². The third-order valence-electron chi connectivity index (χ3n) is 5.46. The van der Waals surface area contributed by atoms with Gasteiger partial charge >= 0.3 is 0 Å². The number of fused-ring (bicyclic) bond motifs is 6. The Morgan fingerprint density at radius 1 is 1.37 bits per heavy atom. The highest BCUT2D eigenvalue weighted by atomic mass is 16.6. The second-order valence-corrected chi connectivity index (χ2v) is 6.45. The van der Waals surface area contributed by atoms with Crippen molar-refractivity contribution in [1.82, 2.24) is 0 Å². The molecule has 4 nitrogen and oxygen atoms in total. The lowest BCUT2D eigenvalue weighted by Gasteiger charge is -2.36. The Morgan fingerprint density at radius 3 is 2.68 bits per heavy atom. The van der Waals surface area contributed by atoms with E-state index in [1.165, 1.54) is 11.1 Å². The molecular formula is C15H18O4. The normalized spacial score (nSPS) is 53.3. The molecule has 2 N–H and O–H groups in total. The number of hydrogen-bond acceptors (Lipinski definition) is 4. The van der Waals surface area contributed by atoms with Gasteiger partial charge in [-0.25, -0.2) is 0 Å². The summed E-state index contributed by atoms with van der Waals surface area (Å²) in [6.45, 7) is 3.85. The predicted octanol–water partition coefficient (Wildman–Crippen LogP) is 0.445. The highest BCUT2D eigenvalue weighted by Gasteiger charge is 2.75. The number of epoxide rings is 1. The van der Waals surface area contributed by atoms with Crippen molar-refractivity contribution in [3.05, 3.63) is 23.3 Å². The minimum Gasteiger partial charge on any atom is -0.393 e. The monoisotopic (exact) mass is 262 g/mol. The van der Waals surface area contributed by atoms with Crippen LogP contribution in [-0.2, 0) is 9.53 Å². The van der Waals surface area contributed by atoms with Crippen molar-refractivity contribution in [2.45, 2.75) is 31.7 Å². The lowest BCUT2D eigenvalue weighted by atomic mass is 9.67. The summed E-state index contributed by atoms with van der Waals surface area (Å²) in [5.41, 5.74) is 1.52. The van der Waals surface area contributed by atoms with Gasteiger partial charge in [-0.15, -0.1) is 0 Å². The zero-order valence-electron chi connectivity index (χ0n) is 11.0. The molecule has 0 unspecified atom stereocenters. The summed E-state index contributed by atoms with van der Waals surface area (Å²) < 4.78 is 5.40. The van der Waals surface area contributed by atoms with E-state index in [0.717, 1.165) is 0 Å². The van der Waals surface area contributed by atoms with Crippen molar-refractivity contribution in [1.29, 1.82) is 0 Å². The third-order valence-corrected chi connectivity index (χ3v) is 5.46. The summed E-state index contributed by atoms with van der Waals surface area (Å²) in [7, 11) is 0. The summed E-state index contributed by atoms with van der Waals surface area (Å²) in [5.74, 6) is 0.0379. The maximum absolute atomic E-state index is 12.5. The number of allylic oxidation sites excluding steroid dienone is 4. The quantitative estimate of drug-likeness (QED) is 0.531. The first kappa shape index (κ1) is 11.8. The van der Waals surface area contributed by atoms with Crippen LogP contribution in [0.4, 0.5) is 0 Å². The van der Waals surface area contributed by atoms with Crippen LogP contribution < -0.4 is 0 Å². The van der Waals surface area contributed by atoms with E-state index in [9.17, 15) is 15.0 Å². The summed E-state index contributed by atoms with van der Waals surface area (Å²) in [6, 6.07) is 0. The van der Waals surface area contributed by atoms with Crippen molar-refractivity contribution in [2.24, 2.45) is 23.7 Å². The highest BCUT2D eigenvalue weighted by Crippen LogP contribution is 2.62. The fourth-order valence-corrected chi connectivity index (χ4v) is 4.63. The fraction of sp³-hybridized carbons (Fsp3) is 0.667. The van der Waals surface area contributed by atoms with Crippen molar-refractivity contribution < 1.29 is 19.7 Å². The van der Waals surface area contributed by atoms with E-state index in [0.29, 0.717) is 0 Å². The average molecular weight is 262 g/mol. The molecule has 1 saturated heterocycles. The number of Topliss-reactive ketones (excluding diaryl/α,β-unsaturated/α-hetero) is 1. The molecule has 0 aromatic rings. The van der Waals surface area contributed by atoms with Crippen molar-refractivity contribution in [3.63, 3.8) is 0 Å². The number of ether oxygens (including phenoxy) is 1. The van der Waals surface area contributed by atoms with Gasteiger partial charge in [-0.1, -0.05) is 23.3 Å². The molecule has 0 aromatic heterocycles. The first-order chi connectivity index (χ1) is 9.03. The summed E-state index contributed by atoms with van der Waals surface area (Å²) >= 11 is 0. The summed E-state index contributed by atoms with van der Waals surface area (Å²) in [4.78, 5) is 12.5. The van der Waals surface area contributed by atoms with Crippen molar-refractivity contribution in [2.75, 3.05) is 6.61 Å². The van der Waals surface area contributed by atoms with Gasteiger partial charge in [0.2, 0.25) is 0 Å². The van der Waals surface area contributed by atoms with Crippen LogP contribution in [0.1, 0.15) is 13.8 Å². The topological polar surface area (TPSA) is 70.1 Å². The standard InChI is InChI=1S/C15H18O4/c1-6(2)9-7-3-4-8(9)11-10(7)12(17)14-15(5-16,19-14)13(11)18/h3-4,7-8,10-11,13-14,16,18H,5H2,1-2H3/t7-,8+,10-,11+,13+,14+,15-/m0/s1. The van der Waals surface area contributed by atoms with E-state index in [1.807, 2.05) is 0 Å². The lowest BCUT2D eigenvalue weighted by molar-refractivity contribution is -0.131. The van der Waals surface area contributed by atoms with E-state index in [-0.39, 0.29) is 36.1 Å². The van der Waals surface area contributed by atoms with Crippen LogP contribution in [-0.4, -0.2) is 40.4 Å². The summed E-state index contributed by atoms with van der Waals surface area (Å²) in [6.07, 6.45) is 2.87. The molecule has 19 heavy (non-hydrogen) atoms. The van der Waals surface area contributed by atoms with Crippen LogP contribution in [0.25, 0.3) is 0 Å². The smallest absolute Gasteiger partial charge is 0.169 e. The number of hydrogen-bond donors (Lipinski definition) is 2. The minimum absolute atomic E-state index is 0.0694. The van der Waals surface area contributed by atoms with Crippen LogP contribution in [0.5, 0.6) is 0 Å². The zero-order chi connectivity index (χ0) is 13.5. The van der Waals surface area contributed by atoms with E-state index in [2.05, 4.69) is 26.0 Å². The van der Waals surface area contributed by atoms with E-state index >= 15 is 0 Å². The molecule has 2 bridgehead atoms. The highest BCUT2D eigenvalue weighted by molar-refractivity contribution is 5.93. The molecule has 1 heterocycles. The fourth-order valence-electron chi connectivity index (χ4n) is 4.63. The van der Waals surface area contributed by atoms with Crippen molar-refractivity contribution >= 4 is 5.78 Å². The molecular weight excluding hydrogens is 244 g/mol. The van der Waals surface area contributed by atoms with Crippen LogP contribution >= 0.6 is 0 Å². The van der Waals surface area contributed by atoms with Gasteiger partial charge in [0.15, 0.2) is 17.5 Å². The van der Waals surface area contributed by atoms with Gasteiger partial charge in [0, 0.05) is 23.7 Å². The molecule has 4 heteroatoms. The maximum atomic E-state index is 12.5. The maximum Gasteiger partial charge on any atom is 0.169 e. The molecule has 0 radical (unpaired) electrons. The van der Waals surface area contributed by atoms with Gasteiger partial charge < -0.3 is 14.9 Å². The summed E-state index contributed by atoms with van der Waals surface area (Å²) in [5, 5.41) is 20.1. The molecule has 3 fully saturated rings. The number of rotatable bonds is 1. The molecule has 2 saturated carbocycles. The van der Waals surface area contributed by atoms with Crippen molar-refractivity contribution in [3.8, 4) is 0 Å². The third kappa shape index (κ3) is 1.14. The Bertz CT molecular complexity index is 530. The molecule has 4 aliphatic rings. The zero-order valence-corrected chi connectivity index (χ0v) is 11.0. The van der Waals surface area contributed by atoms with Crippen LogP contribution in [0.3, 0.4) is 0 Å².